The van der Waals surface area contributed by atoms with Crippen LogP contribution in [0.15, 0.2) is 22.0 Å². The first-order chi connectivity index (χ1) is 14.6. The zero-order valence-electron chi connectivity index (χ0n) is 17.5. The van der Waals surface area contributed by atoms with Crippen LogP contribution < -0.4 is 11.2 Å². The van der Waals surface area contributed by atoms with E-state index >= 15 is 0 Å². The number of ether oxygens (including phenoxy) is 3. The summed E-state index contributed by atoms with van der Waals surface area (Å²) in [6.07, 6.45) is 8.49. The van der Waals surface area contributed by atoms with Gasteiger partial charge < -0.3 is 14.2 Å². The lowest BCUT2D eigenvalue weighted by Crippen LogP contribution is -2.33. The Morgan fingerprint density at radius 1 is 1.23 bits per heavy atom. The van der Waals surface area contributed by atoms with Gasteiger partial charge in [0.05, 0.1) is 30.5 Å². The van der Waals surface area contributed by atoms with Crippen molar-refractivity contribution >= 4 is 0 Å². The number of aromatic nitrogens is 5. The molecule has 30 heavy (non-hydrogen) atoms. The predicted octanol–water partition coefficient (Wildman–Crippen LogP) is 1.64. The Balaban J connectivity index is 1.61. The normalized spacial score (nSPS) is 25.1. The number of methoxy groups -OCH3 is 1. The van der Waals surface area contributed by atoms with Crippen molar-refractivity contribution in [2.45, 2.75) is 69.9 Å². The van der Waals surface area contributed by atoms with Gasteiger partial charge in [0.2, 0.25) is 0 Å². The van der Waals surface area contributed by atoms with E-state index in [1.54, 1.807) is 13.3 Å². The molecule has 0 aromatic carbocycles. The highest BCUT2D eigenvalue weighted by atomic mass is 16.6. The van der Waals surface area contributed by atoms with Gasteiger partial charge in [0.15, 0.2) is 0 Å². The average Bonchev–Trinajstić information content (AvgIpc) is 3.37. The number of rotatable bonds is 7. The quantitative estimate of drug-likeness (QED) is 0.726. The highest BCUT2D eigenvalue weighted by Crippen LogP contribution is 2.31. The maximum absolute atomic E-state index is 12.5. The summed E-state index contributed by atoms with van der Waals surface area (Å²) in [5.41, 5.74) is -0.270. The van der Waals surface area contributed by atoms with Crippen LogP contribution in [0.5, 0.6) is 0 Å². The molecule has 1 aliphatic heterocycles. The first-order valence-electron chi connectivity index (χ1n) is 10.6. The number of nitrogens with zero attached hydrogens (tertiary/aromatic N) is 4. The van der Waals surface area contributed by atoms with Crippen LogP contribution in [0.4, 0.5) is 0 Å². The number of hydrogen-bond donors (Lipinski definition) is 1. The molecular formula is C20H29N5O5. The van der Waals surface area contributed by atoms with Crippen LogP contribution in [-0.4, -0.2) is 57.1 Å². The first-order valence-corrected chi connectivity index (χ1v) is 10.6. The summed E-state index contributed by atoms with van der Waals surface area (Å²) in [6.45, 7) is 2.82. The van der Waals surface area contributed by atoms with E-state index in [0.717, 1.165) is 12.8 Å². The summed E-state index contributed by atoms with van der Waals surface area (Å²) < 4.78 is 20.2. The third-order valence-electron chi connectivity index (χ3n) is 5.91. The van der Waals surface area contributed by atoms with E-state index in [1.165, 1.54) is 30.0 Å². The minimum Gasteiger partial charge on any atom is -0.382 e. The van der Waals surface area contributed by atoms with Crippen LogP contribution in [0, 0.1) is 0 Å². The highest BCUT2D eigenvalue weighted by Gasteiger charge is 2.37. The van der Waals surface area contributed by atoms with E-state index in [9.17, 15) is 9.59 Å². The molecule has 3 heterocycles. The summed E-state index contributed by atoms with van der Waals surface area (Å²) in [7, 11) is 1.60. The Morgan fingerprint density at radius 3 is 2.77 bits per heavy atom. The fourth-order valence-corrected chi connectivity index (χ4v) is 4.38. The second-order valence-electron chi connectivity index (χ2n) is 7.90. The molecule has 0 amide bonds. The number of hydrogen-bond acceptors (Lipinski definition) is 7. The van der Waals surface area contributed by atoms with E-state index in [2.05, 4.69) is 15.3 Å². The van der Waals surface area contributed by atoms with Crippen molar-refractivity contribution in [2.75, 3.05) is 20.3 Å². The molecule has 2 aliphatic rings. The first kappa shape index (κ1) is 21.0. The standard InChI is InChI=1S/C20H29N5O5/c1-3-29-16-9-18(30-17(16)12-28-2)24-10-14(19(26)21-20(24)27)15-11-25(23-22-15)13-7-5-4-6-8-13/h10-11,13,16-18H,3-9,12H2,1-2H3,(H,21,26,27)/t16-,17?,18-/m1/s1. The SMILES string of the molecule is CCO[C@@H]1C[C@H](n2cc(-c3cn(C4CCCCC4)nn3)c(=O)[nH]c2=O)OC1COC. The van der Waals surface area contributed by atoms with Gasteiger partial charge in [-0.05, 0) is 19.8 Å². The Hall–Kier alpha value is -2.30. The van der Waals surface area contributed by atoms with E-state index in [1.807, 2.05) is 11.6 Å². The molecule has 2 fully saturated rings. The molecule has 0 radical (unpaired) electrons. The molecule has 2 aromatic rings. The van der Waals surface area contributed by atoms with Crippen molar-refractivity contribution < 1.29 is 14.2 Å². The molecule has 1 aliphatic carbocycles. The minimum absolute atomic E-state index is 0.186. The Kier molecular flexibility index (Phi) is 6.45. The smallest absolute Gasteiger partial charge is 0.330 e. The van der Waals surface area contributed by atoms with Gasteiger partial charge >= 0.3 is 5.69 Å². The lowest BCUT2D eigenvalue weighted by molar-refractivity contribution is -0.0681. The monoisotopic (exact) mass is 419 g/mol. The molecule has 1 saturated heterocycles. The van der Waals surface area contributed by atoms with E-state index < -0.39 is 17.5 Å². The Bertz CT molecular complexity index is 947. The van der Waals surface area contributed by atoms with Crippen molar-refractivity contribution in [1.82, 2.24) is 24.5 Å². The molecule has 0 spiro atoms. The maximum atomic E-state index is 12.5. The second kappa shape index (κ2) is 9.23. The zero-order chi connectivity index (χ0) is 21.1. The van der Waals surface area contributed by atoms with Gasteiger partial charge in [-0.2, -0.15) is 0 Å². The molecule has 164 valence electrons. The summed E-state index contributed by atoms with van der Waals surface area (Å²) in [4.78, 5) is 27.4. The van der Waals surface area contributed by atoms with Crippen molar-refractivity contribution in [3.63, 3.8) is 0 Å². The predicted molar refractivity (Wildman–Crippen MR) is 108 cm³/mol. The van der Waals surface area contributed by atoms with Crippen molar-refractivity contribution in [3.05, 3.63) is 33.2 Å². The largest absolute Gasteiger partial charge is 0.382 e. The van der Waals surface area contributed by atoms with Gasteiger partial charge in [0.1, 0.15) is 18.0 Å². The summed E-state index contributed by atoms with van der Waals surface area (Å²) in [5, 5.41) is 8.44. The van der Waals surface area contributed by atoms with Crippen molar-refractivity contribution in [3.8, 4) is 11.3 Å². The number of aromatic amines is 1. The van der Waals surface area contributed by atoms with E-state index in [0.29, 0.717) is 36.9 Å². The van der Waals surface area contributed by atoms with Gasteiger partial charge in [0, 0.05) is 26.3 Å². The van der Waals surface area contributed by atoms with Crippen LogP contribution in [0.25, 0.3) is 11.3 Å². The van der Waals surface area contributed by atoms with E-state index in [4.69, 9.17) is 14.2 Å². The minimum atomic E-state index is -0.557. The second-order valence-corrected chi connectivity index (χ2v) is 7.90. The molecule has 2 aromatic heterocycles. The molecule has 10 nitrogen and oxygen atoms in total. The van der Waals surface area contributed by atoms with Crippen LogP contribution >= 0.6 is 0 Å². The molecule has 4 rings (SSSR count). The number of H-pyrrole nitrogens is 1. The summed E-state index contributed by atoms with van der Waals surface area (Å²) in [6, 6.07) is 0.310. The van der Waals surface area contributed by atoms with Crippen LogP contribution in [0.1, 0.15) is 57.7 Å². The average molecular weight is 419 g/mol. The fraction of sp³-hybridized carbons (Fsp3) is 0.700. The molecule has 3 atom stereocenters. The van der Waals surface area contributed by atoms with Crippen LogP contribution in [0.3, 0.4) is 0 Å². The van der Waals surface area contributed by atoms with E-state index in [-0.39, 0.29) is 12.2 Å². The Morgan fingerprint density at radius 2 is 2.03 bits per heavy atom. The summed E-state index contributed by atoms with van der Waals surface area (Å²) >= 11 is 0. The lowest BCUT2D eigenvalue weighted by Gasteiger charge is -2.20. The molecular weight excluding hydrogens is 390 g/mol. The topological polar surface area (TPSA) is 113 Å². The van der Waals surface area contributed by atoms with Crippen LogP contribution in [-0.2, 0) is 14.2 Å². The fourth-order valence-electron chi connectivity index (χ4n) is 4.38. The van der Waals surface area contributed by atoms with Gasteiger partial charge in [-0.15, -0.1) is 5.10 Å². The molecule has 0 bridgehead atoms. The molecule has 1 unspecified atom stereocenters. The van der Waals surface area contributed by atoms with Crippen molar-refractivity contribution in [1.29, 1.82) is 0 Å². The molecule has 1 saturated carbocycles. The maximum Gasteiger partial charge on any atom is 0.330 e. The van der Waals surface area contributed by atoms with Gasteiger partial charge in [-0.3, -0.25) is 14.3 Å². The lowest BCUT2D eigenvalue weighted by atomic mass is 9.96. The van der Waals surface area contributed by atoms with Crippen molar-refractivity contribution in [2.24, 2.45) is 0 Å². The van der Waals surface area contributed by atoms with Crippen LogP contribution in [0.2, 0.25) is 0 Å². The van der Waals surface area contributed by atoms with Gasteiger partial charge in [-0.1, -0.05) is 24.5 Å². The third-order valence-corrected chi connectivity index (χ3v) is 5.91. The molecule has 1 N–H and O–H groups in total. The number of nitrogens with one attached hydrogen (secondary N) is 1. The molecule has 10 heteroatoms. The summed E-state index contributed by atoms with van der Waals surface area (Å²) in [5.74, 6) is 0. The third kappa shape index (κ3) is 4.26. The highest BCUT2D eigenvalue weighted by molar-refractivity contribution is 5.54. The van der Waals surface area contributed by atoms with Gasteiger partial charge in [0.25, 0.3) is 5.56 Å². The zero-order valence-corrected chi connectivity index (χ0v) is 17.5. The Labute approximate surface area is 174 Å². The van der Waals surface area contributed by atoms with Gasteiger partial charge in [-0.25, -0.2) is 9.48 Å².